The third kappa shape index (κ3) is 3.89. The van der Waals surface area contributed by atoms with Crippen LogP contribution < -0.4 is 11.1 Å². The number of nitrogens with two attached hydrogens (primary N) is 1. The molecule has 0 spiro atoms. The number of aromatic nitrogens is 2. The molecule has 22 heavy (non-hydrogen) atoms. The van der Waals surface area contributed by atoms with Crippen LogP contribution in [0.5, 0.6) is 0 Å². The zero-order valence-electron chi connectivity index (χ0n) is 11.8. The van der Waals surface area contributed by atoms with Crippen molar-refractivity contribution in [3.05, 3.63) is 71.4 Å². The van der Waals surface area contributed by atoms with Gasteiger partial charge in [-0.15, -0.1) is 11.3 Å². The molecule has 0 aliphatic carbocycles. The average Bonchev–Trinajstić information content (AvgIpc) is 3.01. The van der Waals surface area contributed by atoms with Crippen LogP contribution in [-0.2, 0) is 6.42 Å². The Bertz CT molecular complexity index is 753. The van der Waals surface area contributed by atoms with Gasteiger partial charge in [-0.3, -0.25) is 0 Å². The maximum Gasteiger partial charge on any atom is 0.212 e. The highest BCUT2D eigenvalue weighted by atomic mass is 32.1. The zero-order valence-corrected chi connectivity index (χ0v) is 12.6. The molecule has 0 unspecified atom stereocenters. The number of anilines is 1. The lowest BCUT2D eigenvalue weighted by Gasteiger charge is -2.06. The number of pyridine rings is 1. The molecule has 0 atom stereocenters. The SMILES string of the molecule is NC(=Nc1nccs1)Nc1cccc(Cc2ccccc2)n1. The fourth-order valence-corrected chi connectivity index (χ4v) is 2.50. The molecule has 110 valence electrons. The van der Waals surface area contributed by atoms with Gasteiger partial charge in [0.25, 0.3) is 0 Å². The predicted octanol–water partition coefficient (Wildman–Crippen LogP) is 3.19. The standard InChI is InChI=1S/C16H15N5S/c17-15(21-16-18-9-10-22-16)20-14-8-4-7-13(19-14)11-12-5-2-1-3-6-12/h1-10H,11H2,(H3,17,18,19,20,21). The largest absolute Gasteiger partial charge is 0.369 e. The second-order valence-electron chi connectivity index (χ2n) is 4.61. The summed E-state index contributed by atoms with van der Waals surface area (Å²) < 4.78 is 0. The van der Waals surface area contributed by atoms with E-state index in [-0.39, 0.29) is 5.96 Å². The van der Waals surface area contributed by atoms with E-state index in [9.17, 15) is 0 Å². The highest BCUT2D eigenvalue weighted by Gasteiger charge is 2.02. The third-order valence-electron chi connectivity index (χ3n) is 2.93. The van der Waals surface area contributed by atoms with E-state index in [1.165, 1.54) is 16.9 Å². The number of guanidine groups is 1. The molecule has 0 aliphatic heterocycles. The van der Waals surface area contributed by atoms with Gasteiger partial charge >= 0.3 is 0 Å². The number of hydrogen-bond acceptors (Lipinski definition) is 4. The Labute approximate surface area is 132 Å². The second kappa shape index (κ2) is 6.82. The summed E-state index contributed by atoms with van der Waals surface area (Å²) in [6.45, 7) is 0. The maximum absolute atomic E-state index is 5.87. The summed E-state index contributed by atoms with van der Waals surface area (Å²) in [5.41, 5.74) is 8.05. The van der Waals surface area contributed by atoms with E-state index in [0.717, 1.165) is 12.1 Å². The number of thiazole rings is 1. The Kier molecular flexibility index (Phi) is 4.41. The van der Waals surface area contributed by atoms with Crippen LogP contribution in [0.1, 0.15) is 11.3 Å². The van der Waals surface area contributed by atoms with Gasteiger partial charge in [-0.05, 0) is 17.7 Å². The summed E-state index contributed by atoms with van der Waals surface area (Å²) in [7, 11) is 0. The Balaban J connectivity index is 1.71. The second-order valence-corrected chi connectivity index (χ2v) is 5.49. The molecular formula is C16H15N5S. The Hall–Kier alpha value is -2.73. The fraction of sp³-hybridized carbons (Fsp3) is 0.0625. The molecule has 0 saturated heterocycles. The van der Waals surface area contributed by atoms with E-state index < -0.39 is 0 Å². The van der Waals surface area contributed by atoms with Gasteiger partial charge in [0.05, 0.1) is 0 Å². The first-order valence-corrected chi connectivity index (χ1v) is 7.68. The number of rotatable bonds is 4. The Morgan fingerprint density at radius 2 is 2.00 bits per heavy atom. The first kappa shape index (κ1) is 14.2. The van der Waals surface area contributed by atoms with Crippen molar-refractivity contribution in [2.45, 2.75) is 6.42 Å². The minimum Gasteiger partial charge on any atom is -0.369 e. The first-order chi connectivity index (χ1) is 10.8. The molecule has 0 bridgehead atoms. The lowest BCUT2D eigenvalue weighted by molar-refractivity contribution is 1.08. The van der Waals surface area contributed by atoms with Crippen molar-refractivity contribution < 1.29 is 0 Å². The average molecular weight is 309 g/mol. The molecule has 0 saturated carbocycles. The van der Waals surface area contributed by atoms with Gasteiger partial charge in [-0.1, -0.05) is 36.4 Å². The number of hydrogen-bond donors (Lipinski definition) is 2. The Morgan fingerprint density at radius 3 is 2.77 bits per heavy atom. The molecule has 0 amide bonds. The molecule has 6 heteroatoms. The van der Waals surface area contributed by atoms with Crippen molar-refractivity contribution >= 4 is 28.2 Å². The number of benzene rings is 1. The highest BCUT2D eigenvalue weighted by molar-refractivity contribution is 7.13. The lowest BCUT2D eigenvalue weighted by atomic mass is 10.1. The van der Waals surface area contributed by atoms with Crippen LogP contribution in [0, 0.1) is 0 Å². The van der Waals surface area contributed by atoms with Crippen LogP contribution in [0.2, 0.25) is 0 Å². The van der Waals surface area contributed by atoms with Crippen LogP contribution in [0.25, 0.3) is 0 Å². The van der Waals surface area contributed by atoms with Gasteiger partial charge in [0.1, 0.15) is 5.82 Å². The minimum absolute atomic E-state index is 0.277. The molecule has 0 aliphatic rings. The van der Waals surface area contributed by atoms with Crippen LogP contribution in [0.4, 0.5) is 10.9 Å². The van der Waals surface area contributed by atoms with Crippen molar-refractivity contribution in [2.24, 2.45) is 10.7 Å². The van der Waals surface area contributed by atoms with Crippen LogP contribution in [0.15, 0.2) is 65.1 Å². The smallest absolute Gasteiger partial charge is 0.212 e. The van der Waals surface area contributed by atoms with Gasteiger partial charge in [0, 0.05) is 23.7 Å². The van der Waals surface area contributed by atoms with E-state index in [1.54, 1.807) is 6.20 Å². The number of aliphatic imine (C=N–C) groups is 1. The summed E-state index contributed by atoms with van der Waals surface area (Å²) in [4.78, 5) is 12.8. The van der Waals surface area contributed by atoms with Crippen molar-refractivity contribution in [1.82, 2.24) is 9.97 Å². The number of nitrogens with one attached hydrogen (secondary N) is 1. The highest BCUT2D eigenvalue weighted by Crippen LogP contribution is 2.15. The molecule has 1 aromatic carbocycles. The van der Waals surface area contributed by atoms with E-state index >= 15 is 0 Å². The van der Waals surface area contributed by atoms with Gasteiger partial charge in [0.15, 0.2) is 0 Å². The normalized spacial score (nSPS) is 11.4. The quantitative estimate of drug-likeness (QED) is 0.573. The molecule has 0 fully saturated rings. The summed E-state index contributed by atoms with van der Waals surface area (Å²) in [5, 5.41) is 5.46. The fourth-order valence-electron chi connectivity index (χ4n) is 1.99. The van der Waals surface area contributed by atoms with Crippen molar-refractivity contribution in [2.75, 3.05) is 5.32 Å². The predicted molar refractivity (Wildman–Crippen MR) is 90.5 cm³/mol. The van der Waals surface area contributed by atoms with E-state index in [0.29, 0.717) is 10.9 Å². The van der Waals surface area contributed by atoms with Gasteiger partial charge in [-0.25, -0.2) is 9.97 Å². The van der Waals surface area contributed by atoms with E-state index in [1.807, 2.05) is 41.8 Å². The molecule has 3 N–H and O–H groups in total. The summed E-state index contributed by atoms with van der Waals surface area (Å²) in [5.74, 6) is 0.950. The van der Waals surface area contributed by atoms with E-state index in [4.69, 9.17) is 5.73 Å². The van der Waals surface area contributed by atoms with Crippen LogP contribution in [-0.4, -0.2) is 15.9 Å². The maximum atomic E-state index is 5.87. The molecule has 2 heterocycles. The van der Waals surface area contributed by atoms with Crippen LogP contribution in [0.3, 0.4) is 0 Å². The van der Waals surface area contributed by atoms with E-state index in [2.05, 4.69) is 32.4 Å². The third-order valence-corrected chi connectivity index (χ3v) is 3.59. The van der Waals surface area contributed by atoms with Gasteiger partial charge in [0.2, 0.25) is 11.1 Å². The van der Waals surface area contributed by atoms with Crippen molar-refractivity contribution in [3.63, 3.8) is 0 Å². The summed E-state index contributed by atoms with van der Waals surface area (Å²) in [6.07, 6.45) is 2.47. The molecule has 0 radical (unpaired) electrons. The van der Waals surface area contributed by atoms with Gasteiger partial charge < -0.3 is 11.1 Å². The summed E-state index contributed by atoms with van der Waals surface area (Å²) in [6, 6.07) is 16.0. The minimum atomic E-state index is 0.277. The number of nitrogens with zero attached hydrogens (tertiary/aromatic N) is 3. The van der Waals surface area contributed by atoms with Crippen molar-refractivity contribution in [1.29, 1.82) is 0 Å². The topological polar surface area (TPSA) is 76.2 Å². The first-order valence-electron chi connectivity index (χ1n) is 6.80. The monoisotopic (exact) mass is 309 g/mol. The molecule has 2 aromatic heterocycles. The zero-order chi connectivity index (χ0) is 15.2. The lowest BCUT2D eigenvalue weighted by Crippen LogP contribution is -2.22. The van der Waals surface area contributed by atoms with Gasteiger partial charge in [-0.2, -0.15) is 4.99 Å². The molecule has 3 rings (SSSR count). The Morgan fingerprint density at radius 1 is 1.14 bits per heavy atom. The molecule has 5 nitrogen and oxygen atoms in total. The van der Waals surface area contributed by atoms with Crippen LogP contribution >= 0.6 is 11.3 Å². The molecular weight excluding hydrogens is 294 g/mol. The molecule has 3 aromatic rings. The van der Waals surface area contributed by atoms with Crippen molar-refractivity contribution in [3.8, 4) is 0 Å². The summed E-state index contributed by atoms with van der Waals surface area (Å²) >= 11 is 1.43.